The summed E-state index contributed by atoms with van der Waals surface area (Å²) in [6, 6.07) is 15.8. The summed E-state index contributed by atoms with van der Waals surface area (Å²) in [4.78, 5) is 22.6. The molecule has 11 heteroatoms. The number of hydrogen-bond acceptors (Lipinski definition) is 10. The van der Waals surface area contributed by atoms with Gasteiger partial charge in [0.25, 0.3) is 0 Å². The van der Waals surface area contributed by atoms with E-state index in [2.05, 4.69) is 10.1 Å². The van der Waals surface area contributed by atoms with Crippen LogP contribution in [0.5, 0.6) is 23.0 Å². The van der Waals surface area contributed by atoms with Gasteiger partial charge in [-0.25, -0.2) is 10.0 Å². The second-order valence-corrected chi connectivity index (χ2v) is 7.86. The number of ether oxygens (including phenoxy) is 4. The van der Waals surface area contributed by atoms with Gasteiger partial charge in [0.05, 0.1) is 34.0 Å². The summed E-state index contributed by atoms with van der Waals surface area (Å²) in [5.74, 6) is 1.19. The molecule has 2 N–H and O–H groups in total. The van der Waals surface area contributed by atoms with E-state index in [1.165, 1.54) is 45.6 Å². The van der Waals surface area contributed by atoms with Crippen molar-refractivity contribution in [2.75, 3.05) is 28.4 Å². The molecule has 4 rings (SSSR count). The highest BCUT2D eigenvalue weighted by Gasteiger charge is 2.19. The SMILES string of the molecule is COc1ccc(C(=NOC(=O)c2ccc([NH+]([O-])O)cc2)c2nccc3cc(OC)c(OC)cc23)cc1OC. The maximum absolute atomic E-state index is 12.8. The number of carbonyl (C=O) groups excluding carboxylic acids is 1. The largest absolute Gasteiger partial charge is 0.595 e. The van der Waals surface area contributed by atoms with Gasteiger partial charge in [-0.05, 0) is 53.9 Å². The van der Waals surface area contributed by atoms with Crippen LogP contribution in [0.1, 0.15) is 21.6 Å². The van der Waals surface area contributed by atoms with Gasteiger partial charge >= 0.3 is 5.97 Å². The normalized spacial score (nSPS) is 12.1. The number of carbonyl (C=O) groups is 1. The Morgan fingerprint density at radius 3 is 2.05 bits per heavy atom. The molecule has 0 saturated heterocycles. The molecule has 38 heavy (non-hydrogen) atoms. The number of aromatic nitrogens is 1. The fourth-order valence-electron chi connectivity index (χ4n) is 3.79. The van der Waals surface area contributed by atoms with Gasteiger partial charge in [-0.15, -0.1) is 0 Å². The first kappa shape index (κ1) is 26.4. The molecule has 0 bridgehead atoms. The summed E-state index contributed by atoms with van der Waals surface area (Å²) in [5.41, 5.74) is 1.35. The van der Waals surface area contributed by atoms with Gasteiger partial charge < -0.3 is 29.0 Å². The molecular formula is C27H25N3O8. The molecule has 1 unspecified atom stereocenters. The average molecular weight is 520 g/mol. The van der Waals surface area contributed by atoms with Gasteiger partial charge in [-0.2, -0.15) is 5.23 Å². The Labute approximate surface area is 217 Å². The van der Waals surface area contributed by atoms with Crippen molar-refractivity contribution in [3.63, 3.8) is 0 Å². The molecule has 0 aliphatic carbocycles. The maximum atomic E-state index is 12.8. The van der Waals surface area contributed by atoms with E-state index >= 15 is 0 Å². The Hall–Kier alpha value is -4.71. The van der Waals surface area contributed by atoms with Gasteiger partial charge in [0.15, 0.2) is 28.7 Å². The highest BCUT2D eigenvalue weighted by Crippen LogP contribution is 2.35. The number of oxime groups is 1. The Morgan fingerprint density at radius 2 is 1.42 bits per heavy atom. The van der Waals surface area contributed by atoms with Crippen LogP contribution in [0, 0.1) is 5.21 Å². The number of rotatable bonds is 9. The van der Waals surface area contributed by atoms with Gasteiger partial charge in [0.2, 0.25) is 0 Å². The van der Waals surface area contributed by atoms with Crippen LogP contribution in [-0.4, -0.2) is 50.3 Å². The van der Waals surface area contributed by atoms with Gasteiger partial charge in [0, 0.05) is 29.3 Å². The number of fused-ring (bicyclic) bond motifs is 1. The topological polar surface area (TPSA) is 136 Å². The highest BCUT2D eigenvalue weighted by atomic mass is 16.8. The molecule has 0 spiro atoms. The van der Waals surface area contributed by atoms with Crippen LogP contribution in [0.15, 0.2) is 72.0 Å². The van der Waals surface area contributed by atoms with Crippen molar-refractivity contribution in [2.45, 2.75) is 0 Å². The molecule has 0 radical (unpaired) electrons. The minimum atomic E-state index is -1.10. The fraction of sp³-hybridized carbons (Fsp3) is 0.148. The quantitative estimate of drug-likeness (QED) is 0.194. The molecule has 0 fully saturated rings. The van der Waals surface area contributed by atoms with Crippen molar-refractivity contribution in [2.24, 2.45) is 5.16 Å². The lowest BCUT2D eigenvalue weighted by atomic mass is 10.0. The molecule has 196 valence electrons. The first-order valence-electron chi connectivity index (χ1n) is 11.3. The van der Waals surface area contributed by atoms with E-state index in [9.17, 15) is 10.0 Å². The van der Waals surface area contributed by atoms with Crippen LogP contribution in [0.3, 0.4) is 0 Å². The third kappa shape index (κ3) is 5.34. The van der Waals surface area contributed by atoms with Gasteiger partial charge in [-0.3, -0.25) is 4.98 Å². The Bertz CT molecular complexity index is 1490. The van der Waals surface area contributed by atoms with Crippen molar-refractivity contribution in [1.29, 1.82) is 0 Å². The molecule has 0 aliphatic heterocycles. The van der Waals surface area contributed by atoms with Crippen molar-refractivity contribution in [3.05, 3.63) is 88.9 Å². The first-order chi connectivity index (χ1) is 18.4. The number of quaternary nitrogens is 1. The van der Waals surface area contributed by atoms with Gasteiger partial charge in [-0.1, -0.05) is 5.16 Å². The summed E-state index contributed by atoms with van der Waals surface area (Å²) in [6.07, 6.45) is 1.60. The van der Waals surface area contributed by atoms with E-state index in [0.29, 0.717) is 39.6 Å². The Balaban J connectivity index is 1.84. The molecular weight excluding hydrogens is 494 g/mol. The number of nitrogens with one attached hydrogen (secondary N) is 1. The van der Waals surface area contributed by atoms with E-state index in [4.69, 9.17) is 29.0 Å². The standard InChI is InChI=1S/C27H25N3O8/c1-34-21-10-7-18(14-22(21)35-2)25(29-38-27(31)16-5-8-19(9-6-16)30(32)33)26-20-15-24(37-4)23(36-3)13-17(20)11-12-28-26/h5-15,30,32H,1-4H3. The summed E-state index contributed by atoms with van der Waals surface area (Å²) in [7, 11) is 6.10. The van der Waals surface area contributed by atoms with Crippen LogP contribution in [-0.2, 0) is 4.84 Å². The minimum absolute atomic E-state index is 0.0420. The van der Waals surface area contributed by atoms with Crippen LogP contribution < -0.4 is 24.2 Å². The number of benzene rings is 3. The molecule has 11 nitrogen and oxygen atoms in total. The van der Waals surface area contributed by atoms with Crippen molar-refractivity contribution in [3.8, 4) is 23.0 Å². The monoisotopic (exact) mass is 519 g/mol. The Kier molecular flexibility index (Phi) is 8.02. The third-order valence-corrected chi connectivity index (χ3v) is 5.74. The first-order valence-corrected chi connectivity index (χ1v) is 11.3. The summed E-state index contributed by atoms with van der Waals surface area (Å²) in [6.45, 7) is 0. The van der Waals surface area contributed by atoms with E-state index < -0.39 is 11.2 Å². The van der Waals surface area contributed by atoms with Crippen molar-refractivity contribution in [1.82, 2.24) is 4.98 Å². The zero-order valence-corrected chi connectivity index (χ0v) is 21.1. The second kappa shape index (κ2) is 11.6. The van der Waals surface area contributed by atoms with Crippen LogP contribution >= 0.6 is 0 Å². The van der Waals surface area contributed by atoms with Crippen molar-refractivity contribution < 1.29 is 39.0 Å². The highest BCUT2D eigenvalue weighted by molar-refractivity contribution is 6.18. The van der Waals surface area contributed by atoms with E-state index in [0.717, 1.165) is 5.39 Å². The van der Waals surface area contributed by atoms with Crippen molar-refractivity contribution >= 4 is 28.1 Å². The second-order valence-electron chi connectivity index (χ2n) is 7.86. The van der Waals surface area contributed by atoms with E-state index in [1.54, 1.807) is 37.6 Å². The van der Waals surface area contributed by atoms with Crippen LogP contribution in [0.2, 0.25) is 0 Å². The molecule has 1 aromatic heterocycles. The molecule has 0 aliphatic rings. The molecule has 4 aromatic rings. The molecule has 1 atom stereocenters. The predicted octanol–water partition coefficient (Wildman–Crippen LogP) is 3.28. The van der Waals surface area contributed by atoms with Crippen LogP contribution in [0.4, 0.5) is 5.69 Å². The fourth-order valence-corrected chi connectivity index (χ4v) is 3.79. The zero-order chi connectivity index (χ0) is 27.2. The lowest BCUT2D eigenvalue weighted by Crippen LogP contribution is -2.99. The average Bonchev–Trinajstić information content (AvgIpc) is 2.96. The maximum Gasteiger partial charge on any atom is 0.365 e. The Morgan fingerprint density at radius 1 is 0.816 bits per heavy atom. The van der Waals surface area contributed by atoms with E-state index in [-0.39, 0.29) is 17.0 Å². The minimum Gasteiger partial charge on any atom is -0.595 e. The number of nitrogens with zero attached hydrogens (tertiary/aromatic N) is 2. The molecule has 3 aromatic carbocycles. The lowest BCUT2D eigenvalue weighted by molar-refractivity contribution is -0.991. The number of methoxy groups -OCH3 is 4. The number of pyridine rings is 1. The van der Waals surface area contributed by atoms with E-state index in [1.807, 2.05) is 12.1 Å². The zero-order valence-electron chi connectivity index (χ0n) is 21.1. The smallest absolute Gasteiger partial charge is 0.365 e. The van der Waals surface area contributed by atoms with Crippen LogP contribution in [0.25, 0.3) is 10.8 Å². The summed E-state index contributed by atoms with van der Waals surface area (Å²) < 4.78 is 21.7. The number of hydrogen-bond donors (Lipinski definition) is 2. The summed E-state index contributed by atoms with van der Waals surface area (Å²) in [5, 5.41) is 24.8. The predicted molar refractivity (Wildman–Crippen MR) is 138 cm³/mol. The summed E-state index contributed by atoms with van der Waals surface area (Å²) >= 11 is 0. The lowest BCUT2D eigenvalue weighted by Gasteiger charge is -2.14. The van der Waals surface area contributed by atoms with Gasteiger partial charge in [0.1, 0.15) is 11.4 Å². The molecule has 0 saturated carbocycles. The third-order valence-electron chi connectivity index (χ3n) is 5.74. The molecule has 1 heterocycles. The molecule has 0 amide bonds.